The monoisotopic (exact) mass is 199 g/mol. The second-order valence-corrected chi connectivity index (χ2v) is 4.30. The van der Waals surface area contributed by atoms with Crippen LogP contribution in [-0.4, -0.2) is 31.9 Å². The van der Waals surface area contributed by atoms with Crippen LogP contribution in [0.3, 0.4) is 0 Å². The van der Waals surface area contributed by atoms with Gasteiger partial charge in [0, 0.05) is 19.5 Å². The Hall–Kier alpha value is -1.06. The van der Waals surface area contributed by atoms with Crippen molar-refractivity contribution in [3.8, 4) is 0 Å². The van der Waals surface area contributed by atoms with Crippen molar-refractivity contribution in [2.24, 2.45) is 10.4 Å². The number of likely N-dealkylation sites (N-methyl/N-ethyl adjacent to an activating group) is 1. The van der Waals surface area contributed by atoms with Gasteiger partial charge in [-0.05, 0) is 6.92 Å². The first-order valence-corrected chi connectivity index (χ1v) is 4.78. The molecule has 2 N–H and O–H groups in total. The van der Waals surface area contributed by atoms with E-state index in [1.165, 1.54) is 0 Å². The van der Waals surface area contributed by atoms with E-state index < -0.39 is 0 Å². The van der Waals surface area contributed by atoms with E-state index >= 15 is 0 Å². The fraction of sp³-hybridized carbons (Fsp3) is 0.800. The second kappa shape index (κ2) is 4.98. The molecule has 1 unspecified atom stereocenters. The molecule has 0 aromatic heterocycles. The largest absolute Gasteiger partial charge is 0.362 e. The van der Waals surface area contributed by atoms with Crippen LogP contribution < -0.4 is 10.6 Å². The highest BCUT2D eigenvalue weighted by Gasteiger charge is 2.21. The highest BCUT2D eigenvalue weighted by molar-refractivity contribution is 5.92. The topological polar surface area (TPSA) is 53.5 Å². The number of nitrogens with zero attached hydrogens (tertiary/aromatic N) is 1. The smallest absolute Gasteiger partial charge is 0.241 e. The number of hydrogen-bond donors (Lipinski definition) is 2. The Balaban J connectivity index is 4.43. The van der Waals surface area contributed by atoms with Crippen molar-refractivity contribution in [3.63, 3.8) is 0 Å². The maximum atomic E-state index is 11.3. The first-order valence-electron chi connectivity index (χ1n) is 4.78. The van der Waals surface area contributed by atoms with Crippen LogP contribution in [0.15, 0.2) is 4.99 Å². The van der Waals surface area contributed by atoms with Gasteiger partial charge in [-0.1, -0.05) is 20.8 Å². The van der Waals surface area contributed by atoms with Crippen molar-refractivity contribution in [1.29, 1.82) is 0 Å². The quantitative estimate of drug-likeness (QED) is 0.510. The number of rotatable bonds is 2. The van der Waals surface area contributed by atoms with E-state index in [0.29, 0.717) is 0 Å². The molecule has 0 aliphatic carbocycles. The number of nitrogens with one attached hydrogen (secondary N) is 2. The van der Waals surface area contributed by atoms with E-state index in [9.17, 15) is 4.79 Å². The van der Waals surface area contributed by atoms with Crippen LogP contribution in [-0.2, 0) is 4.79 Å². The first-order chi connectivity index (χ1) is 6.32. The zero-order valence-electron chi connectivity index (χ0n) is 9.93. The molecule has 0 heterocycles. The predicted octanol–water partition coefficient (Wildman–Crippen LogP) is 0.785. The van der Waals surface area contributed by atoms with Gasteiger partial charge < -0.3 is 10.6 Å². The maximum absolute atomic E-state index is 11.3. The molecule has 1 atom stereocenters. The van der Waals surface area contributed by atoms with Crippen LogP contribution in [0, 0.1) is 5.41 Å². The number of aliphatic imine (C=N–C) groups is 1. The van der Waals surface area contributed by atoms with Crippen LogP contribution in [0.2, 0.25) is 0 Å². The molecule has 0 spiro atoms. The lowest BCUT2D eigenvalue weighted by Crippen LogP contribution is -2.47. The van der Waals surface area contributed by atoms with Crippen molar-refractivity contribution >= 4 is 11.7 Å². The molecule has 0 rings (SSSR count). The molecule has 0 aromatic carbocycles. The summed E-state index contributed by atoms with van der Waals surface area (Å²) in [5, 5.41) is 5.68. The Labute approximate surface area is 86.2 Å². The van der Waals surface area contributed by atoms with Crippen molar-refractivity contribution in [1.82, 2.24) is 10.6 Å². The third-order valence-corrected chi connectivity index (χ3v) is 1.93. The number of carbonyl (C=O) groups is 1. The van der Waals surface area contributed by atoms with E-state index in [2.05, 4.69) is 36.4 Å². The van der Waals surface area contributed by atoms with Gasteiger partial charge in [-0.3, -0.25) is 9.79 Å². The fourth-order valence-electron chi connectivity index (χ4n) is 1.10. The average Bonchev–Trinajstić information content (AvgIpc) is 2.10. The van der Waals surface area contributed by atoms with E-state index in [1.54, 1.807) is 14.1 Å². The molecule has 4 nitrogen and oxygen atoms in total. The van der Waals surface area contributed by atoms with E-state index in [-0.39, 0.29) is 17.4 Å². The van der Waals surface area contributed by atoms with Crippen molar-refractivity contribution in [3.05, 3.63) is 0 Å². The zero-order valence-corrected chi connectivity index (χ0v) is 9.93. The lowest BCUT2D eigenvalue weighted by molar-refractivity contribution is -0.121. The van der Waals surface area contributed by atoms with E-state index in [4.69, 9.17) is 0 Å². The molecule has 1 amide bonds. The first kappa shape index (κ1) is 12.9. The van der Waals surface area contributed by atoms with Gasteiger partial charge in [0.1, 0.15) is 11.9 Å². The molecule has 0 radical (unpaired) electrons. The summed E-state index contributed by atoms with van der Waals surface area (Å²) in [5.41, 5.74) is -0.0585. The van der Waals surface area contributed by atoms with Gasteiger partial charge in [0.25, 0.3) is 0 Å². The van der Waals surface area contributed by atoms with Crippen LogP contribution in [0.1, 0.15) is 27.7 Å². The Morgan fingerprint density at radius 1 is 1.36 bits per heavy atom. The fourth-order valence-corrected chi connectivity index (χ4v) is 1.10. The molecule has 0 saturated heterocycles. The van der Waals surface area contributed by atoms with Crippen LogP contribution >= 0.6 is 0 Å². The summed E-state index contributed by atoms with van der Waals surface area (Å²) in [7, 11) is 3.35. The average molecular weight is 199 g/mol. The summed E-state index contributed by atoms with van der Waals surface area (Å²) in [6.07, 6.45) is 0. The van der Waals surface area contributed by atoms with Gasteiger partial charge in [-0.25, -0.2) is 0 Å². The van der Waals surface area contributed by atoms with E-state index in [1.807, 2.05) is 6.92 Å². The van der Waals surface area contributed by atoms with Gasteiger partial charge >= 0.3 is 0 Å². The summed E-state index contributed by atoms with van der Waals surface area (Å²) in [6, 6.07) is -0.252. The summed E-state index contributed by atoms with van der Waals surface area (Å²) >= 11 is 0. The number of amides is 1. The Morgan fingerprint density at radius 2 is 1.86 bits per heavy atom. The van der Waals surface area contributed by atoms with Crippen LogP contribution in [0.25, 0.3) is 0 Å². The molecule has 14 heavy (non-hydrogen) atoms. The number of carbonyl (C=O) groups excluding carboxylic acids is 1. The molecular weight excluding hydrogens is 178 g/mol. The minimum atomic E-state index is -0.252. The molecule has 0 aliphatic heterocycles. The van der Waals surface area contributed by atoms with Gasteiger partial charge in [-0.2, -0.15) is 0 Å². The zero-order chi connectivity index (χ0) is 11.4. The highest BCUT2D eigenvalue weighted by Crippen LogP contribution is 2.14. The van der Waals surface area contributed by atoms with Gasteiger partial charge in [-0.15, -0.1) is 0 Å². The molecule has 0 fully saturated rings. The minimum absolute atomic E-state index is 0.0320. The molecule has 0 aliphatic rings. The van der Waals surface area contributed by atoms with E-state index in [0.717, 1.165) is 5.84 Å². The van der Waals surface area contributed by atoms with Crippen LogP contribution in [0.5, 0.6) is 0 Å². The van der Waals surface area contributed by atoms with Crippen molar-refractivity contribution < 1.29 is 4.79 Å². The summed E-state index contributed by atoms with van der Waals surface area (Å²) in [4.78, 5) is 15.4. The minimum Gasteiger partial charge on any atom is -0.362 e. The highest BCUT2D eigenvalue weighted by atomic mass is 16.2. The lowest BCUT2D eigenvalue weighted by atomic mass is 9.94. The summed E-state index contributed by atoms with van der Waals surface area (Å²) < 4.78 is 0. The molecule has 4 heteroatoms. The Bertz CT molecular complexity index is 228. The summed E-state index contributed by atoms with van der Waals surface area (Å²) in [5.74, 6) is 0.809. The van der Waals surface area contributed by atoms with Crippen LogP contribution in [0.4, 0.5) is 0 Å². The standard InChI is InChI=1S/C10H21N3O/c1-7(8(14)11-5)13-9(12-6)10(2,3)4/h7H,1-6H3,(H,11,14)(H,12,13). The Morgan fingerprint density at radius 3 is 2.14 bits per heavy atom. The van der Waals surface area contributed by atoms with Gasteiger partial charge in [0.15, 0.2) is 0 Å². The van der Waals surface area contributed by atoms with Gasteiger partial charge in [0.2, 0.25) is 5.91 Å². The van der Waals surface area contributed by atoms with Crippen molar-refractivity contribution in [2.45, 2.75) is 33.7 Å². The maximum Gasteiger partial charge on any atom is 0.241 e. The number of hydrogen-bond acceptors (Lipinski definition) is 2. The van der Waals surface area contributed by atoms with Crippen molar-refractivity contribution in [2.75, 3.05) is 14.1 Å². The molecule has 82 valence electrons. The lowest BCUT2D eigenvalue weighted by Gasteiger charge is -2.25. The van der Waals surface area contributed by atoms with Gasteiger partial charge in [0.05, 0.1) is 0 Å². The molecule has 0 saturated carbocycles. The Kier molecular flexibility index (Phi) is 4.60. The third-order valence-electron chi connectivity index (χ3n) is 1.93. The molecular formula is C10H21N3O. The summed E-state index contributed by atoms with van der Waals surface area (Å²) in [6.45, 7) is 7.98. The number of amidine groups is 1. The predicted molar refractivity (Wildman–Crippen MR) is 59.5 cm³/mol. The molecule has 0 bridgehead atoms. The normalized spacial score (nSPS) is 14.9. The second-order valence-electron chi connectivity index (χ2n) is 4.30. The SMILES string of the molecule is CN=C(NC(C)C(=O)NC)C(C)(C)C. The third kappa shape index (κ3) is 3.77. The molecule has 0 aromatic rings.